The Bertz CT molecular complexity index is 405. The Labute approximate surface area is 126 Å². The number of nitrogens with one attached hydrogen (secondary N) is 1. The molecule has 0 saturated heterocycles. The van der Waals surface area contributed by atoms with Crippen molar-refractivity contribution in [3.05, 3.63) is 15.6 Å². The number of thiazole rings is 1. The van der Waals surface area contributed by atoms with Crippen LogP contribution in [0.3, 0.4) is 0 Å². The zero-order valence-corrected chi connectivity index (χ0v) is 13.6. The van der Waals surface area contributed by atoms with Crippen LogP contribution in [0, 0.1) is 0 Å². The monoisotopic (exact) mass is 326 g/mol. The lowest BCUT2D eigenvalue weighted by molar-refractivity contribution is -0.141. The number of rotatable bonds is 8. The molecule has 1 rings (SSSR count). The van der Waals surface area contributed by atoms with E-state index in [1.54, 1.807) is 11.8 Å². The zero-order chi connectivity index (χ0) is 15.2. The first-order chi connectivity index (χ1) is 9.38. The van der Waals surface area contributed by atoms with Crippen LogP contribution >= 0.6 is 23.1 Å². The third kappa shape index (κ3) is 5.61. The normalized spacial score (nSPS) is 13.7. The standard InChI is InChI=1S/C13H21F3N2S2/c1-4-6-17-7-10-12(13(14,15)16)18-11(20-10)8-19-9(3)5-2/h9,17H,4-8H2,1-3H3. The molecule has 0 aliphatic rings. The molecule has 20 heavy (non-hydrogen) atoms. The maximum Gasteiger partial charge on any atom is 0.434 e. The third-order valence-corrected chi connectivity index (χ3v) is 5.37. The van der Waals surface area contributed by atoms with E-state index >= 15 is 0 Å². The van der Waals surface area contributed by atoms with Crippen LogP contribution < -0.4 is 5.32 Å². The van der Waals surface area contributed by atoms with Crippen molar-refractivity contribution in [2.75, 3.05) is 6.54 Å². The summed E-state index contributed by atoms with van der Waals surface area (Å²) in [7, 11) is 0. The van der Waals surface area contributed by atoms with E-state index in [2.05, 4.69) is 24.1 Å². The molecule has 0 aliphatic carbocycles. The molecule has 116 valence electrons. The summed E-state index contributed by atoms with van der Waals surface area (Å²) in [6, 6.07) is 0. The number of nitrogens with zero attached hydrogens (tertiary/aromatic N) is 1. The van der Waals surface area contributed by atoms with Gasteiger partial charge in [0.2, 0.25) is 0 Å². The second-order valence-corrected chi connectivity index (χ2v) is 7.18. The first-order valence-corrected chi connectivity index (χ1v) is 8.63. The van der Waals surface area contributed by atoms with Gasteiger partial charge in [0.25, 0.3) is 0 Å². The lowest BCUT2D eigenvalue weighted by Crippen LogP contribution is -2.17. The van der Waals surface area contributed by atoms with E-state index in [1.807, 2.05) is 6.92 Å². The van der Waals surface area contributed by atoms with Crippen molar-refractivity contribution in [3.8, 4) is 0 Å². The van der Waals surface area contributed by atoms with Crippen molar-refractivity contribution in [2.24, 2.45) is 0 Å². The van der Waals surface area contributed by atoms with Gasteiger partial charge in [0, 0.05) is 17.5 Å². The minimum absolute atomic E-state index is 0.244. The molecule has 1 aromatic rings. The van der Waals surface area contributed by atoms with E-state index in [0.29, 0.717) is 27.4 Å². The quantitative estimate of drug-likeness (QED) is 0.701. The van der Waals surface area contributed by atoms with E-state index < -0.39 is 11.9 Å². The molecule has 0 spiro atoms. The Balaban J connectivity index is 2.77. The molecule has 1 atom stereocenters. The van der Waals surface area contributed by atoms with Crippen molar-refractivity contribution in [3.63, 3.8) is 0 Å². The highest BCUT2D eigenvalue weighted by Gasteiger charge is 2.37. The van der Waals surface area contributed by atoms with Gasteiger partial charge in [-0.15, -0.1) is 11.3 Å². The van der Waals surface area contributed by atoms with Crippen LogP contribution in [0.4, 0.5) is 13.2 Å². The number of hydrogen-bond donors (Lipinski definition) is 1. The Morgan fingerprint density at radius 1 is 1.35 bits per heavy atom. The predicted octanol–water partition coefficient (Wildman–Crippen LogP) is 4.69. The largest absolute Gasteiger partial charge is 0.434 e. The highest BCUT2D eigenvalue weighted by molar-refractivity contribution is 7.99. The zero-order valence-electron chi connectivity index (χ0n) is 12.0. The van der Waals surface area contributed by atoms with Gasteiger partial charge in [-0.1, -0.05) is 20.8 Å². The summed E-state index contributed by atoms with van der Waals surface area (Å²) < 4.78 is 38.8. The van der Waals surface area contributed by atoms with Gasteiger partial charge in [-0.05, 0) is 19.4 Å². The molecule has 1 heterocycles. The predicted molar refractivity (Wildman–Crippen MR) is 80.2 cm³/mol. The number of thioether (sulfide) groups is 1. The first-order valence-electron chi connectivity index (χ1n) is 6.76. The van der Waals surface area contributed by atoms with Crippen LogP contribution in [-0.4, -0.2) is 16.8 Å². The Hall–Kier alpha value is -0.270. The molecule has 0 fully saturated rings. The molecule has 1 aromatic heterocycles. The van der Waals surface area contributed by atoms with E-state index in [0.717, 1.165) is 12.8 Å². The fraction of sp³-hybridized carbons (Fsp3) is 0.769. The topological polar surface area (TPSA) is 24.9 Å². The van der Waals surface area contributed by atoms with Gasteiger partial charge in [-0.2, -0.15) is 24.9 Å². The summed E-state index contributed by atoms with van der Waals surface area (Å²) in [6.45, 7) is 7.09. The van der Waals surface area contributed by atoms with Crippen molar-refractivity contribution in [2.45, 2.75) is 57.3 Å². The van der Waals surface area contributed by atoms with Crippen molar-refractivity contribution >= 4 is 23.1 Å². The highest BCUT2D eigenvalue weighted by atomic mass is 32.2. The highest BCUT2D eigenvalue weighted by Crippen LogP contribution is 2.35. The van der Waals surface area contributed by atoms with E-state index in [9.17, 15) is 13.2 Å². The Morgan fingerprint density at radius 3 is 2.60 bits per heavy atom. The number of alkyl halides is 3. The van der Waals surface area contributed by atoms with Gasteiger partial charge < -0.3 is 5.32 Å². The lowest BCUT2D eigenvalue weighted by atomic mass is 10.3. The molecule has 0 radical (unpaired) electrons. The van der Waals surface area contributed by atoms with E-state index in [4.69, 9.17) is 0 Å². The van der Waals surface area contributed by atoms with Gasteiger partial charge in [-0.25, -0.2) is 4.98 Å². The summed E-state index contributed by atoms with van der Waals surface area (Å²) >= 11 is 2.83. The van der Waals surface area contributed by atoms with Crippen LogP contribution in [-0.2, 0) is 18.5 Å². The fourth-order valence-corrected chi connectivity index (χ4v) is 3.53. The second kappa shape index (κ2) is 8.24. The molecule has 0 aliphatic heterocycles. The number of halogens is 3. The SMILES string of the molecule is CCCNCc1sc(CSC(C)CC)nc1C(F)(F)F. The minimum atomic E-state index is -4.36. The van der Waals surface area contributed by atoms with Crippen molar-refractivity contribution in [1.29, 1.82) is 0 Å². The Morgan fingerprint density at radius 2 is 2.05 bits per heavy atom. The van der Waals surface area contributed by atoms with Crippen LogP contribution in [0.15, 0.2) is 0 Å². The lowest BCUT2D eigenvalue weighted by Gasteiger charge is -2.06. The average molecular weight is 326 g/mol. The second-order valence-electron chi connectivity index (χ2n) is 4.58. The summed E-state index contributed by atoms with van der Waals surface area (Å²) in [5.74, 6) is 0.552. The molecule has 1 N–H and O–H groups in total. The Kier molecular flexibility index (Phi) is 7.33. The molecular weight excluding hydrogens is 305 g/mol. The van der Waals surface area contributed by atoms with Crippen LogP contribution in [0.1, 0.15) is 49.2 Å². The first kappa shape index (κ1) is 17.8. The van der Waals surface area contributed by atoms with Gasteiger partial charge in [0.15, 0.2) is 5.69 Å². The summed E-state index contributed by atoms with van der Waals surface area (Å²) in [6.07, 6.45) is -2.46. The average Bonchev–Trinajstić information content (AvgIpc) is 2.79. The maximum atomic E-state index is 12.9. The summed E-state index contributed by atoms with van der Waals surface area (Å²) in [5.41, 5.74) is -0.717. The number of aromatic nitrogens is 1. The molecule has 1 unspecified atom stereocenters. The fourth-order valence-electron chi connectivity index (χ4n) is 1.51. The van der Waals surface area contributed by atoms with Gasteiger partial charge in [-0.3, -0.25) is 0 Å². The van der Waals surface area contributed by atoms with Crippen LogP contribution in [0.2, 0.25) is 0 Å². The van der Waals surface area contributed by atoms with Gasteiger partial charge >= 0.3 is 6.18 Å². The smallest absolute Gasteiger partial charge is 0.312 e. The summed E-state index contributed by atoms with van der Waals surface area (Å²) in [4.78, 5) is 4.10. The summed E-state index contributed by atoms with van der Waals surface area (Å²) in [5, 5.41) is 4.02. The van der Waals surface area contributed by atoms with Gasteiger partial charge in [0.05, 0.1) is 4.88 Å². The minimum Gasteiger partial charge on any atom is -0.312 e. The molecular formula is C13H21F3N2S2. The molecule has 7 heteroatoms. The molecule has 2 nitrogen and oxygen atoms in total. The van der Waals surface area contributed by atoms with E-state index in [1.165, 1.54) is 11.3 Å². The van der Waals surface area contributed by atoms with Crippen molar-refractivity contribution in [1.82, 2.24) is 10.3 Å². The maximum absolute atomic E-state index is 12.9. The van der Waals surface area contributed by atoms with Crippen LogP contribution in [0.25, 0.3) is 0 Å². The van der Waals surface area contributed by atoms with E-state index in [-0.39, 0.29) is 6.54 Å². The third-order valence-electron chi connectivity index (χ3n) is 2.79. The van der Waals surface area contributed by atoms with Gasteiger partial charge in [0.1, 0.15) is 5.01 Å². The van der Waals surface area contributed by atoms with Crippen molar-refractivity contribution < 1.29 is 13.2 Å². The number of hydrogen-bond acceptors (Lipinski definition) is 4. The molecule has 0 saturated carbocycles. The van der Waals surface area contributed by atoms with Crippen LogP contribution in [0.5, 0.6) is 0 Å². The molecule has 0 bridgehead atoms. The molecule has 0 aromatic carbocycles. The molecule has 0 amide bonds.